The summed E-state index contributed by atoms with van der Waals surface area (Å²) in [5.74, 6) is 0.722. The molecular weight excluding hydrogens is 239 g/mol. The standard InChI is InChI=1S/C16H31FN2/c1-14(2)11-15-12-18-16(7-4-3-5-8-16)13-19(15)10-6-9-17/h14-15,18H,3-13H2,1-2H3. The van der Waals surface area contributed by atoms with E-state index in [4.69, 9.17) is 0 Å². The molecule has 0 amide bonds. The third kappa shape index (κ3) is 4.16. The minimum atomic E-state index is -0.175. The highest BCUT2D eigenvalue weighted by atomic mass is 19.1. The topological polar surface area (TPSA) is 15.3 Å². The lowest BCUT2D eigenvalue weighted by atomic mass is 9.79. The molecule has 1 saturated carbocycles. The summed E-state index contributed by atoms with van der Waals surface area (Å²) in [5, 5.41) is 3.86. The molecule has 112 valence electrons. The molecule has 1 spiro atoms. The molecule has 0 aromatic carbocycles. The smallest absolute Gasteiger partial charge is 0.0906 e. The minimum absolute atomic E-state index is 0.175. The Labute approximate surface area is 118 Å². The van der Waals surface area contributed by atoms with E-state index in [2.05, 4.69) is 24.1 Å². The van der Waals surface area contributed by atoms with Crippen LogP contribution in [0, 0.1) is 5.92 Å². The molecule has 1 aliphatic carbocycles. The number of nitrogens with zero attached hydrogens (tertiary/aromatic N) is 1. The van der Waals surface area contributed by atoms with Gasteiger partial charge in [0.2, 0.25) is 0 Å². The van der Waals surface area contributed by atoms with Crippen LogP contribution >= 0.6 is 0 Å². The predicted molar refractivity (Wildman–Crippen MR) is 79.2 cm³/mol. The van der Waals surface area contributed by atoms with Crippen molar-refractivity contribution in [1.82, 2.24) is 10.2 Å². The van der Waals surface area contributed by atoms with Gasteiger partial charge in [0, 0.05) is 31.2 Å². The number of nitrogens with one attached hydrogen (secondary N) is 1. The molecular formula is C16H31FN2. The van der Waals surface area contributed by atoms with Crippen LogP contribution in [0.25, 0.3) is 0 Å². The van der Waals surface area contributed by atoms with Crippen molar-refractivity contribution in [3.8, 4) is 0 Å². The molecule has 0 bridgehead atoms. The molecule has 3 heteroatoms. The number of halogens is 1. The molecule has 1 saturated heterocycles. The van der Waals surface area contributed by atoms with Gasteiger partial charge in [0.05, 0.1) is 6.67 Å². The maximum Gasteiger partial charge on any atom is 0.0906 e. The SMILES string of the molecule is CC(C)CC1CNC2(CCCCC2)CN1CCCF. The lowest BCUT2D eigenvalue weighted by Gasteiger charge is -2.50. The number of alkyl halides is 1. The predicted octanol–water partition coefficient (Wildman–Crippen LogP) is 3.37. The second-order valence-corrected chi connectivity index (χ2v) is 7.02. The number of piperazine rings is 1. The summed E-state index contributed by atoms with van der Waals surface area (Å²) in [7, 11) is 0. The molecule has 2 rings (SSSR count). The number of rotatable bonds is 5. The van der Waals surface area contributed by atoms with Crippen LogP contribution in [0.3, 0.4) is 0 Å². The fourth-order valence-electron chi connectivity index (χ4n) is 3.90. The Morgan fingerprint density at radius 3 is 2.63 bits per heavy atom. The molecule has 2 fully saturated rings. The molecule has 19 heavy (non-hydrogen) atoms. The van der Waals surface area contributed by atoms with Crippen molar-refractivity contribution >= 4 is 0 Å². The first-order valence-corrected chi connectivity index (χ1v) is 8.20. The lowest BCUT2D eigenvalue weighted by molar-refractivity contribution is 0.0450. The van der Waals surface area contributed by atoms with E-state index in [1.165, 1.54) is 38.5 Å². The third-order valence-corrected chi connectivity index (χ3v) is 4.87. The van der Waals surface area contributed by atoms with Crippen molar-refractivity contribution in [2.24, 2.45) is 5.92 Å². The number of hydrogen-bond donors (Lipinski definition) is 1. The zero-order chi connectivity index (χ0) is 13.7. The molecule has 1 N–H and O–H groups in total. The van der Waals surface area contributed by atoms with Crippen molar-refractivity contribution in [1.29, 1.82) is 0 Å². The first-order chi connectivity index (χ1) is 9.15. The highest BCUT2D eigenvalue weighted by Crippen LogP contribution is 2.32. The molecule has 1 unspecified atom stereocenters. The van der Waals surface area contributed by atoms with Gasteiger partial charge in [-0.25, -0.2) is 0 Å². The third-order valence-electron chi connectivity index (χ3n) is 4.87. The summed E-state index contributed by atoms with van der Waals surface area (Å²) in [6.45, 7) is 7.59. The summed E-state index contributed by atoms with van der Waals surface area (Å²) in [4.78, 5) is 2.58. The van der Waals surface area contributed by atoms with Crippen LogP contribution in [0.5, 0.6) is 0 Å². The largest absolute Gasteiger partial charge is 0.308 e. The highest BCUT2D eigenvalue weighted by molar-refractivity contribution is 4.99. The Bertz CT molecular complexity index is 261. The second kappa shape index (κ2) is 7.03. The average molecular weight is 270 g/mol. The van der Waals surface area contributed by atoms with Crippen LogP contribution in [0.15, 0.2) is 0 Å². The van der Waals surface area contributed by atoms with E-state index in [1.807, 2.05) is 0 Å². The normalized spacial score (nSPS) is 28.1. The van der Waals surface area contributed by atoms with E-state index in [0.717, 1.165) is 25.6 Å². The van der Waals surface area contributed by atoms with Gasteiger partial charge in [-0.3, -0.25) is 9.29 Å². The van der Waals surface area contributed by atoms with E-state index < -0.39 is 0 Å². The van der Waals surface area contributed by atoms with Crippen LogP contribution in [-0.4, -0.2) is 42.8 Å². The van der Waals surface area contributed by atoms with Crippen LogP contribution in [0.2, 0.25) is 0 Å². The maximum absolute atomic E-state index is 12.5. The molecule has 0 aromatic rings. The van der Waals surface area contributed by atoms with Crippen LogP contribution < -0.4 is 5.32 Å². The van der Waals surface area contributed by atoms with Crippen molar-refractivity contribution in [3.63, 3.8) is 0 Å². The highest BCUT2D eigenvalue weighted by Gasteiger charge is 2.39. The Hall–Kier alpha value is -0.150. The summed E-state index contributed by atoms with van der Waals surface area (Å²) in [6.07, 6.45) is 8.67. The van der Waals surface area contributed by atoms with E-state index in [0.29, 0.717) is 18.0 Å². The van der Waals surface area contributed by atoms with Crippen LogP contribution in [-0.2, 0) is 0 Å². The van der Waals surface area contributed by atoms with Crippen molar-refractivity contribution < 1.29 is 4.39 Å². The van der Waals surface area contributed by atoms with Gasteiger partial charge < -0.3 is 5.32 Å². The fourth-order valence-corrected chi connectivity index (χ4v) is 3.90. The first kappa shape index (κ1) is 15.2. The Morgan fingerprint density at radius 2 is 2.00 bits per heavy atom. The Kier molecular flexibility index (Phi) is 5.64. The zero-order valence-corrected chi connectivity index (χ0v) is 12.8. The summed E-state index contributed by atoms with van der Waals surface area (Å²) in [6, 6.07) is 0.610. The van der Waals surface area contributed by atoms with Gasteiger partial charge in [-0.05, 0) is 31.6 Å². The number of hydrogen-bond acceptors (Lipinski definition) is 2. The minimum Gasteiger partial charge on any atom is -0.308 e. The zero-order valence-electron chi connectivity index (χ0n) is 12.8. The summed E-state index contributed by atoms with van der Waals surface area (Å²) < 4.78 is 12.5. The van der Waals surface area contributed by atoms with Gasteiger partial charge in [-0.1, -0.05) is 33.1 Å². The second-order valence-electron chi connectivity index (χ2n) is 7.02. The van der Waals surface area contributed by atoms with E-state index in [1.54, 1.807) is 0 Å². The monoisotopic (exact) mass is 270 g/mol. The summed E-state index contributed by atoms with van der Waals surface area (Å²) in [5.41, 5.74) is 0.349. The molecule has 0 aromatic heterocycles. The summed E-state index contributed by atoms with van der Waals surface area (Å²) >= 11 is 0. The van der Waals surface area contributed by atoms with E-state index >= 15 is 0 Å². The van der Waals surface area contributed by atoms with Crippen LogP contribution in [0.1, 0.15) is 58.8 Å². The molecule has 2 nitrogen and oxygen atoms in total. The Morgan fingerprint density at radius 1 is 1.26 bits per heavy atom. The molecule has 2 aliphatic rings. The van der Waals surface area contributed by atoms with Gasteiger partial charge in [-0.2, -0.15) is 0 Å². The van der Waals surface area contributed by atoms with Gasteiger partial charge in [-0.15, -0.1) is 0 Å². The van der Waals surface area contributed by atoms with Gasteiger partial charge in [0.1, 0.15) is 0 Å². The maximum atomic E-state index is 12.5. The van der Waals surface area contributed by atoms with Crippen molar-refractivity contribution in [2.75, 3.05) is 26.3 Å². The van der Waals surface area contributed by atoms with Crippen LogP contribution in [0.4, 0.5) is 4.39 Å². The fraction of sp³-hybridized carbons (Fsp3) is 1.00. The molecule has 0 radical (unpaired) electrons. The quantitative estimate of drug-likeness (QED) is 0.824. The molecule has 1 heterocycles. The molecule has 1 aliphatic heterocycles. The average Bonchev–Trinajstić information content (AvgIpc) is 2.40. The van der Waals surface area contributed by atoms with Crippen molar-refractivity contribution in [3.05, 3.63) is 0 Å². The first-order valence-electron chi connectivity index (χ1n) is 8.20. The lowest BCUT2D eigenvalue weighted by Crippen LogP contribution is -2.65. The van der Waals surface area contributed by atoms with Crippen molar-refractivity contribution in [2.45, 2.75) is 70.4 Å². The van der Waals surface area contributed by atoms with E-state index in [9.17, 15) is 4.39 Å². The van der Waals surface area contributed by atoms with Gasteiger partial charge in [0.15, 0.2) is 0 Å². The van der Waals surface area contributed by atoms with Gasteiger partial charge in [0.25, 0.3) is 0 Å². The van der Waals surface area contributed by atoms with E-state index in [-0.39, 0.29) is 6.67 Å². The van der Waals surface area contributed by atoms with Gasteiger partial charge >= 0.3 is 0 Å². The Balaban J connectivity index is 1.96. The molecule has 1 atom stereocenters.